The van der Waals surface area contributed by atoms with Gasteiger partial charge in [0.15, 0.2) is 0 Å². The number of carbonyl (C=O) groups excluding carboxylic acids is 2. The number of alkyl carbamates (subject to hydrolysis) is 1. The molecule has 8 heteroatoms. The number of carboxylic acids is 1. The number of aliphatic carboxylic acids is 1. The lowest BCUT2D eigenvalue weighted by molar-refractivity contribution is -0.142. The zero-order valence-electron chi connectivity index (χ0n) is 20.1. The molecule has 8 nitrogen and oxygen atoms in total. The summed E-state index contributed by atoms with van der Waals surface area (Å²) in [4.78, 5) is 38.7. The zero-order chi connectivity index (χ0) is 24.8. The second-order valence-electron chi connectivity index (χ2n) is 9.31. The summed E-state index contributed by atoms with van der Waals surface area (Å²) >= 11 is 0. The largest absolute Gasteiger partial charge is 0.480 e. The predicted octanol–water partition coefficient (Wildman–Crippen LogP) is 3.07. The molecule has 0 radical (unpaired) electrons. The Morgan fingerprint density at radius 1 is 0.941 bits per heavy atom. The number of nitrogens with one attached hydrogen (secondary N) is 2. The van der Waals surface area contributed by atoms with Gasteiger partial charge < -0.3 is 25.4 Å². The van der Waals surface area contributed by atoms with Gasteiger partial charge in [-0.15, -0.1) is 0 Å². The Labute approximate surface area is 200 Å². The minimum Gasteiger partial charge on any atom is -0.480 e. The van der Waals surface area contributed by atoms with Crippen LogP contribution >= 0.6 is 0 Å². The first-order chi connectivity index (χ1) is 16.2. The fraction of sp³-hybridized carbons (Fsp3) is 0.423. The maximum absolute atomic E-state index is 12.8. The Hall–Kier alpha value is -3.39. The van der Waals surface area contributed by atoms with E-state index in [1.165, 1.54) is 0 Å². The van der Waals surface area contributed by atoms with Crippen molar-refractivity contribution in [2.45, 2.75) is 38.3 Å². The Bertz CT molecular complexity index is 991. The first-order valence-corrected chi connectivity index (χ1v) is 11.5. The van der Waals surface area contributed by atoms with Crippen molar-refractivity contribution in [1.29, 1.82) is 0 Å². The molecule has 0 aromatic heterocycles. The molecule has 2 aromatic rings. The number of ether oxygens (including phenoxy) is 1. The Morgan fingerprint density at radius 3 is 2.00 bits per heavy atom. The molecular weight excluding hydrogens is 434 g/mol. The van der Waals surface area contributed by atoms with Crippen LogP contribution in [0.2, 0.25) is 0 Å². The minimum atomic E-state index is -1.13. The number of hydrogen-bond donors (Lipinski definition) is 3. The molecule has 0 aliphatic heterocycles. The summed E-state index contributed by atoms with van der Waals surface area (Å²) in [6.45, 7) is 4.12. The third-order valence-corrected chi connectivity index (χ3v) is 5.82. The second kappa shape index (κ2) is 11.2. The Morgan fingerprint density at radius 2 is 1.50 bits per heavy atom. The molecular formula is C26H33N3O5. The van der Waals surface area contributed by atoms with E-state index in [1.807, 2.05) is 50.2 Å². The number of benzene rings is 2. The van der Waals surface area contributed by atoms with Crippen LogP contribution in [0.15, 0.2) is 48.5 Å². The van der Waals surface area contributed by atoms with Gasteiger partial charge in [-0.25, -0.2) is 9.59 Å². The minimum absolute atomic E-state index is 0.0907. The van der Waals surface area contributed by atoms with Crippen molar-refractivity contribution in [3.8, 4) is 11.1 Å². The van der Waals surface area contributed by atoms with E-state index in [1.54, 1.807) is 19.0 Å². The van der Waals surface area contributed by atoms with Crippen LogP contribution in [0.3, 0.4) is 0 Å². The lowest BCUT2D eigenvalue weighted by Gasteiger charge is -2.24. The number of nitrogens with zero attached hydrogens (tertiary/aromatic N) is 1. The molecule has 0 fully saturated rings. The SMILES string of the molecule is CC(C)C[C@H](NC(=O)OCC1c2ccccc2-c2ccccc21)C(=O)N[C@@H](CN(C)C)C(=O)O. The number of likely N-dealkylation sites (N-methyl/N-ethyl adjacent to an activating group) is 1. The van der Waals surface area contributed by atoms with E-state index in [-0.39, 0.29) is 25.0 Å². The van der Waals surface area contributed by atoms with Crippen molar-refractivity contribution in [3.63, 3.8) is 0 Å². The van der Waals surface area contributed by atoms with E-state index in [0.717, 1.165) is 22.3 Å². The van der Waals surface area contributed by atoms with Gasteiger partial charge >= 0.3 is 12.1 Å². The maximum atomic E-state index is 12.8. The van der Waals surface area contributed by atoms with Crippen molar-refractivity contribution in [2.24, 2.45) is 5.92 Å². The van der Waals surface area contributed by atoms with Crippen LogP contribution in [-0.4, -0.2) is 67.3 Å². The van der Waals surface area contributed by atoms with Gasteiger partial charge in [0.1, 0.15) is 18.7 Å². The highest BCUT2D eigenvalue weighted by Gasteiger charge is 2.31. The third kappa shape index (κ3) is 6.14. The zero-order valence-corrected chi connectivity index (χ0v) is 20.1. The van der Waals surface area contributed by atoms with E-state index in [2.05, 4.69) is 22.8 Å². The fourth-order valence-corrected chi connectivity index (χ4v) is 4.31. The number of rotatable bonds is 10. The predicted molar refractivity (Wildman–Crippen MR) is 130 cm³/mol. The number of fused-ring (bicyclic) bond motifs is 3. The quantitative estimate of drug-likeness (QED) is 0.496. The lowest BCUT2D eigenvalue weighted by atomic mass is 9.98. The normalized spacial score (nSPS) is 14.3. The van der Waals surface area contributed by atoms with Crippen molar-refractivity contribution < 1.29 is 24.2 Å². The average molecular weight is 468 g/mol. The third-order valence-electron chi connectivity index (χ3n) is 5.82. The van der Waals surface area contributed by atoms with E-state index in [0.29, 0.717) is 6.42 Å². The van der Waals surface area contributed by atoms with E-state index in [4.69, 9.17) is 4.74 Å². The highest BCUT2D eigenvalue weighted by atomic mass is 16.5. The molecule has 1 aliphatic rings. The molecule has 0 saturated heterocycles. The maximum Gasteiger partial charge on any atom is 0.407 e. The van der Waals surface area contributed by atoms with Crippen molar-refractivity contribution in [1.82, 2.24) is 15.5 Å². The van der Waals surface area contributed by atoms with Crippen LogP contribution in [0.1, 0.15) is 37.3 Å². The van der Waals surface area contributed by atoms with Gasteiger partial charge in [-0.2, -0.15) is 0 Å². The summed E-state index contributed by atoms with van der Waals surface area (Å²) in [6.07, 6.45) is -0.355. The summed E-state index contributed by atoms with van der Waals surface area (Å²) < 4.78 is 5.56. The van der Waals surface area contributed by atoms with Gasteiger partial charge in [0, 0.05) is 12.5 Å². The summed E-state index contributed by atoms with van der Waals surface area (Å²) in [5.41, 5.74) is 4.46. The number of amides is 2. The van der Waals surface area contributed by atoms with Gasteiger partial charge in [-0.1, -0.05) is 62.4 Å². The van der Waals surface area contributed by atoms with Gasteiger partial charge in [0.25, 0.3) is 0 Å². The fourth-order valence-electron chi connectivity index (χ4n) is 4.31. The monoisotopic (exact) mass is 467 g/mol. The number of hydrogen-bond acceptors (Lipinski definition) is 5. The molecule has 1 aliphatic carbocycles. The standard InChI is InChI=1S/C26H33N3O5/c1-16(2)13-22(24(30)27-23(25(31)32)14-29(3)4)28-26(33)34-15-21-19-11-7-5-9-17(19)18-10-6-8-12-20(18)21/h5-12,16,21-23H,13-15H2,1-4H3,(H,27,30)(H,28,33)(H,31,32)/t22-,23-/m0/s1. The van der Waals surface area contributed by atoms with Crippen molar-refractivity contribution in [3.05, 3.63) is 59.7 Å². The Kier molecular flexibility index (Phi) is 8.28. The molecule has 0 unspecified atom stereocenters. The van der Waals surface area contributed by atoms with E-state index in [9.17, 15) is 19.5 Å². The number of carbonyl (C=O) groups is 3. The van der Waals surface area contributed by atoms with Crippen LogP contribution < -0.4 is 10.6 Å². The van der Waals surface area contributed by atoms with Crippen LogP contribution in [-0.2, 0) is 14.3 Å². The molecule has 0 bridgehead atoms. The van der Waals surface area contributed by atoms with Crippen LogP contribution in [0.25, 0.3) is 11.1 Å². The van der Waals surface area contributed by atoms with E-state index < -0.39 is 30.1 Å². The first-order valence-electron chi connectivity index (χ1n) is 11.5. The summed E-state index contributed by atoms with van der Waals surface area (Å²) in [5, 5.41) is 14.6. The molecule has 2 aromatic carbocycles. The highest BCUT2D eigenvalue weighted by Crippen LogP contribution is 2.44. The molecule has 2 amide bonds. The van der Waals surface area contributed by atoms with Gasteiger partial charge in [-0.05, 0) is 48.7 Å². The van der Waals surface area contributed by atoms with Gasteiger partial charge in [-0.3, -0.25) is 4.79 Å². The number of carboxylic acid groups (broad SMARTS) is 1. The summed E-state index contributed by atoms with van der Waals surface area (Å²) in [6, 6.07) is 14.1. The summed E-state index contributed by atoms with van der Waals surface area (Å²) in [7, 11) is 3.45. The summed E-state index contributed by atoms with van der Waals surface area (Å²) in [5.74, 6) is -1.67. The molecule has 34 heavy (non-hydrogen) atoms. The molecule has 0 heterocycles. The van der Waals surface area contributed by atoms with Crippen molar-refractivity contribution >= 4 is 18.0 Å². The van der Waals surface area contributed by atoms with Crippen LogP contribution in [0.4, 0.5) is 4.79 Å². The van der Waals surface area contributed by atoms with Gasteiger partial charge in [0.2, 0.25) is 5.91 Å². The van der Waals surface area contributed by atoms with Crippen LogP contribution in [0.5, 0.6) is 0 Å². The van der Waals surface area contributed by atoms with E-state index >= 15 is 0 Å². The first kappa shape index (κ1) is 25.2. The van der Waals surface area contributed by atoms with Crippen molar-refractivity contribution in [2.75, 3.05) is 27.2 Å². The van der Waals surface area contributed by atoms with Crippen LogP contribution in [0, 0.1) is 5.92 Å². The smallest absolute Gasteiger partial charge is 0.407 e. The molecule has 0 spiro atoms. The molecule has 2 atom stereocenters. The topological polar surface area (TPSA) is 108 Å². The highest BCUT2D eigenvalue weighted by molar-refractivity contribution is 5.89. The second-order valence-corrected chi connectivity index (χ2v) is 9.31. The van der Waals surface area contributed by atoms with Gasteiger partial charge in [0.05, 0.1) is 0 Å². The average Bonchev–Trinajstić information content (AvgIpc) is 3.10. The molecule has 3 rings (SSSR count). The molecule has 0 saturated carbocycles. The Balaban J connectivity index is 1.66. The molecule has 182 valence electrons. The molecule has 3 N–H and O–H groups in total. The lowest BCUT2D eigenvalue weighted by Crippen LogP contribution is -2.54.